The molecular weight excluding hydrogens is 296 g/mol. The Bertz CT molecular complexity index is 641. The molecule has 0 heterocycles. The van der Waals surface area contributed by atoms with Crippen molar-refractivity contribution in [2.45, 2.75) is 76.4 Å². The zero-order valence-corrected chi connectivity index (χ0v) is 15.0. The number of aliphatic hydroxyl groups is 2. The third-order valence-corrected chi connectivity index (χ3v) is 8.98. The van der Waals surface area contributed by atoms with Crippen molar-refractivity contribution in [3.8, 4) is 24.7 Å². The molecule has 6 unspecified atom stereocenters. The van der Waals surface area contributed by atoms with E-state index in [1.165, 1.54) is 6.42 Å². The van der Waals surface area contributed by atoms with E-state index in [1.807, 2.05) is 0 Å². The highest BCUT2D eigenvalue weighted by Crippen LogP contribution is 2.69. The minimum Gasteiger partial charge on any atom is -0.378 e. The van der Waals surface area contributed by atoms with Crippen LogP contribution in [0.4, 0.5) is 0 Å². The van der Waals surface area contributed by atoms with Gasteiger partial charge >= 0.3 is 0 Å². The summed E-state index contributed by atoms with van der Waals surface area (Å²) >= 11 is 0. The summed E-state index contributed by atoms with van der Waals surface area (Å²) in [5.74, 6) is 7.70. The monoisotopic (exact) mass is 326 g/mol. The molecule has 0 aromatic carbocycles. The lowest BCUT2D eigenvalue weighted by atomic mass is 9.47. The molecule has 4 aliphatic carbocycles. The summed E-state index contributed by atoms with van der Waals surface area (Å²) < 4.78 is 0. The van der Waals surface area contributed by atoms with Gasteiger partial charge in [0, 0.05) is 5.41 Å². The Morgan fingerprint density at radius 3 is 2.29 bits per heavy atom. The van der Waals surface area contributed by atoms with Crippen LogP contribution in [0.2, 0.25) is 0 Å². The molecule has 2 N–H and O–H groups in total. The quantitative estimate of drug-likeness (QED) is 0.670. The Morgan fingerprint density at radius 1 is 0.917 bits per heavy atom. The van der Waals surface area contributed by atoms with Crippen LogP contribution < -0.4 is 0 Å². The van der Waals surface area contributed by atoms with E-state index in [1.54, 1.807) is 0 Å². The van der Waals surface area contributed by atoms with Crippen LogP contribution in [0, 0.1) is 59.2 Å². The SMILES string of the molecule is C#C[C@@]1(O)CC2CCC3C(CCC4(C)C3CC[C@@]4(O)C#C)C2(C)C1. The number of hydrogen-bond acceptors (Lipinski definition) is 2. The van der Waals surface area contributed by atoms with E-state index in [4.69, 9.17) is 12.8 Å². The summed E-state index contributed by atoms with van der Waals surface area (Å²) in [4.78, 5) is 0. The molecule has 0 aliphatic heterocycles. The van der Waals surface area contributed by atoms with Crippen LogP contribution in [0.15, 0.2) is 0 Å². The van der Waals surface area contributed by atoms with Gasteiger partial charge in [-0.1, -0.05) is 25.7 Å². The Balaban J connectivity index is 1.68. The van der Waals surface area contributed by atoms with E-state index in [0.717, 1.165) is 44.9 Å². The van der Waals surface area contributed by atoms with Crippen molar-refractivity contribution < 1.29 is 10.2 Å². The van der Waals surface area contributed by atoms with Crippen LogP contribution in [0.3, 0.4) is 0 Å². The molecule has 4 fully saturated rings. The second-order valence-corrected chi connectivity index (χ2v) is 9.71. The second-order valence-electron chi connectivity index (χ2n) is 9.71. The van der Waals surface area contributed by atoms with Gasteiger partial charge in [0.25, 0.3) is 0 Å². The smallest absolute Gasteiger partial charge is 0.130 e. The topological polar surface area (TPSA) is 40.5 Å². The summed E-state index contributed by atoms with van der Waals surface area (Å²) in [6, 6.07) is 0. The molecule has 0 aromatic rings. The Morgan fingerprint density at radius 2 is 1.62 bits per heavy atom. The molecule has 0 amide bonds. The first-order chi connectivity index (χ1) is 11.2. The third-order valence-electron chi connectivity index (χ3n) is 8.98. The molecule has 0 aromatic heterocycles. The van der Waals surface area contributed by atoms with E-state index >= 15 is 0 Å². The first-order valence-corrected chi connectivity index (χ1v) is 9.62. The van der Waals surface area contributed by atoms with Crippen molar-refractivity contribution in [3.05, 3.63) is 0 Å². The van der Waals surface area contributed by atoms with E-state index in [9.17, 15) is 10.2 Å². The van der Waals surface area contributed by atoms with Crippen molar-refractivity contribution in [2.75, 3.05) is 0 Å². The molecule has 4 rings (SSSR count). The molecular formula is C22H30O2. The van der Waals surface area contributed by atoms with Gasteiger partial charge in [0.05, 0.1) is 0 Å². The van der Waals surface area contributed by atoms with Crippen molar-refractivity contribution in [3.63, 3.8) is 0 Å². The average molecular weight is 326 g/mol. The van der Waals surface area contributed by atoms with Gasteiger partial charge in [-0.05, 0) is 80.5 Å². The zero-order chi connectivity index (χ0) is 17.4. The largest absolute Gasteiger partial charge is 0.378 e. The molecule has 4 aliphatic rings. The number of fused-ring (bicyclic) bond motifs is 5. The summed E-state index contributed by atoms with van der Waals surface area (Å²) in [5.41, 5.74) is -1.85. The van der Waals surface area contributed by atoms with Crippen molar-refractivity contribution in [2.24, 2.45) is 34.5 Å². The third kappa shape index (κ3) is 1.83. The van der Waals surface area contributed by atoms with Crippen molar-refractivity contribution >= 4 is 0 Å². The number of rotatable bonds is 0. The second kappa shape index (κ2) is 4.81. The van der Waals surface area contributed by atoms with Gasteiger partial charge < -0.3 is 10.2 Å². The fraction of sp³-hybridized carbons (Fsp3) is 0.818. The number of hydrogen-bond donors (Lipinski definition) is 2. The van der Waals surface area contributed by atoms with Gasteiger partial charge in [0.15, 0.2) is 0 Å². The van der Waals surface area contributed by atoms with Crippen LogP contribution in [0.5, 0.6) is 0 Å². The minimum absolute atomic E-state index is 0.141. The van der Waals surface area contributed by atoms with Crippen LogP contribution in [-0.2, 0) is 0 Å². The predicted molar refractivity (Wildman–Crippen MR) is 94.7 cm³/mol. The molecule has 2 heteroatoms. The highest BCUT2D eigenvalue weighted by atomic mass is 16.3. The van der Waals surface area contributed by atoms with Crippen molar-refractivity contribution in [1.82, 2.24) is 0 Å². The van der Waals surface area contributed by atoms with E-state index in [0.29, 0.717) is 23.7 Å². The Hall–Kier alpha value is -0.960. The van der Waals surface area contributed by atoms with Crippen LogP contribution >= 0.6 is 0 Å². The molecule has 0 bridgehead atoms. The van der Waals surface area contributed by atoms with Crippen molar-refractivity contribution in [1.29, 1.82) is 0 Å². The van der Waals surface area contributed by atoms with Gasteiger partial charge in [-0.15, -0.1) is 12.8 Å². The first kappa shape index (κ1) is 16.5. The molecule has 0 radical (unpaired) electrons. The standard InChI is InChI=1S/C22H30O2/c1-5-21(23)13-15-7-8-16-17(19(15,3)14-21)9-11-20(4)18(16)10-12-22(20,24)6-2/h1-2,15-18,23-24H,7-14H2,3-4H3/t15?,16?,17?,18?,19?,20?,21-,22+/m1/s1. The lowest BCUT2D eigenvalue weighted by molar-refractivity contribution is -0.119. The Labute approximate surface area is 146 Å². The summed E-state index contributed by atoms with van der Waals surface area (Å²) in [7, 11) is 0. The van der Waals surface area contributed by atoms with Crippen LogP contribution in [-0.4, -0.2) is 21.4 Å². The highest BCUT2D eigenvalue weighted by Gasteiger charge is 2.66. The lowest BCUT2D eigenvalue weighted by Crippen LogP contribution is -2.54. The summed E-state index contributed by atoms with van der Waals surface area (Å²) in [6.45, 7) is 4.59. The predicted octanol–water partition coefficient (Wildman–Crippen LogP) is 3.37. The van der Waals surface area contributed by atoms with Crippen LogP contribution in [0.1, 0.15) is 65.2 Å². The van der Waals surface area contributed by atoms with Gasteiger partial charge in [0.1, 0.15) is 11.2 Å². The molecule has 0 saturated heterocycles. The zero-order valence-electron chi connectivity index (χ0n) is 15.0. The van der Waals surface area contributed by atoms with E-state index < -0.39 is 11.2 Å². The van der Waals surface area contributed by atoms with Gasteiger partial charge in [-0.25, -0.2) is 0 Å². The number of terminal acetylenes is 2. The molecule has 24 heavy (non-hydrogen) atoms. The normalized spacial score (nSPS) is 58.9. The molecule has 2 nitrogen and oxygen atoms in total. The van der Waals surface area contributed by atoms with Crippen LogP contribution in [0.25, 0.3) is 0 Å². The summed E-state index contributed by atoms with van der Waals surface area (Å²) in [5, 5.41) is 21.8. The maximum absolute atomic E-state index is 11.0. The molecule has 8 atom stereocenters. The minimum atomic E-state index is -0.935. The fourth-order valence-corrected chi connectivity index (χ4v) is 7.62. The fourth-order valence-electron chi connectivity index (χ4n) is 7.62. The first-order valence-electron chi connectivity index (χ1n) is 9.62. The molecule has 4 saturated carbocycles. The Kier molecular flexibility index (Phi) is 3.31. The molecule has 130 valence electrons. The highest BCUT2D eigenvalue weighted by molar-refractivity contribution is 5.25. The molecule has 0 spiro atoms. The summed E-state index contributed by atoms with van der Waals surface area (Å²) in [6.07, 6.45) is 19.1. The van der Waals surface area contributed by atoms with Gasteiger partial charge in [-0.2, -0.15) is 0 Å². The van der Waals surface area contributed by atoms with Gasteiger partial charge in [0.2, 0.25) is 0 Å². The van der Waals surface area contributed by atoms with E-state index in [-0.39, 0.29) is 10.8 Å². The van der Waals surface area contributed by atoms with Gasteiger partial charge in [-0.3, -0.25) is 0 Å². The maximum atomic E-state index is 11.0. The lowest BCUT2D eigenvalue weighted by Gasteiger charge is -2.58. The van der Waals surface area contributed by atoms with E-state index in [2.05, 4.69) is 25.7 Å². The maximum Gasteiger partial charge on any atom is 0.130 e. The average Bonchev–Trinajstić information content (AvgIpc) is 2.99.